The molecule has 1 aromatic heterocycles. The zero-order valence-electron chi connectivity index (χ0n) is 17.7. The van der Waals surface area contributed by atoms with Crippen LogP contribution in [-0.4, -0.2) is 23.3 Å². The minimum atomic E-state index is -0.721. The van der Waals surface area contributed by atoms with Gasteiger partial charge in [-0.3, -0.25) is 14.5 Å². The van der Waals surface area contributed by atoms with Crippen LogP contribution < -0.4 is 15.0 Å². The SMILES string of the molecule is Cc1cccc(C)c1NC(=O)CCCN1C(=O)[C@@H](c2ccccc2)Oc2cccnc21. The number of anilines is 2. The van der Waals surface area contributed by atoms with Crippen molar-refractivity contribution in [2.75, 3.05) is 16.8 Å². The Morgan fingerprint density at radius 1 is 1.03 bits per heavy atom. The summed E-state index contributed by atoms with van der Waals surface area (Å²) in [6.45, 7) is 4.33. The number of hydrogen-bond donors (Lipinski definition) is 1. The summed E-state index contributed by atoms with van der Waals surface area (Å²) in [5.41, 5.74) is 3.70. The summed E-state index contributed by atoms with van der Waals surface area (Å²) >= 11 is 0. The third-order valence-corrected chi connectivity index (χ3v) is 5.38. The number of para-hydroxylation sites is 1. The Morgan fingerprint density at radius 2 is 1.77 bits per heavy atom. The standard InChI is InChI=1S/C25H25N3O3/c1-17-9-6-10-18(2)22(17)27-21(29)14-8-16-28-24-20(13-7-15-26-24)31-23(25(28)30)19-11-4-3-5-12-19/h3-7,9-13,15,23H,8,14,16H2,1-2H3,(H,27,29)/t23-/m1/s1. The van der Waals surface area contributed by atoms with Gasteiger partial charge in [0.1, 0.15) is 0 Å². The molecular weight excluding hydrogens is 390 g/mol. The van der Waals surface area contributed by atoms with Gasteiger partial charge in [0, 0.05) is 30.4 Å². The lowest BCUT2D eigenvalue weighted by molar-refractivity contribution is -0.127. The van der Waals surface area contributed by atoms with Crippen LogP contribution in [0.1, 0.15) is 35.6 Å². The first-order valence-electron chi connectivity index (χ1n) is 10.4. The molecule has 6 heteroatoms. The highest BCUT2D eigenvalue weighted by Crippen LogP contribution is 2.37. The van der Waals surface area contributed by atoms with E-state index >= 15 is 0 Å². The number of hydrogen-bond acceptors (Lipinski definition) is 4. The number of amides is 2. The van der Waals surface area contributed by atoms with Crippen molar-refractivity contribution in [2.24, 2.45) is 0 Å². The Bertz CT molecular complexity index is 1080. The van der Waals surface area contributed by atoms with Gasteiger partial charge in [0.2, 0.25) is 12.0 Å². The van der Waals surface area contributed by atoms with Gasteiger partial charge in [-0.25, -0.2) is 4.98 Å². The Labute approximate surface area is 181 Å². The van der Waals surface area contributed by atoms with E-state index in [0.29, 0.717) is 31.0 Å². The summed E-state index contributed by atoms with van der Waals surface area (Å²) in [6.07, 6.45) is 1.73. The van der Waals surface area contributed by atoms with Gasteiger partial charge < -0.3 is 10.1 Å². The van der Waals surface area contributed by atoms with Gasteiger partial charge in [0.05, 0.1) is 0 Å². The molecule has 1 aliphatic rings. The number of pyridine rings is 1. The summed E-state index contributed by atoms with van der Waals surface area (Å²) in [5, 5.41) is 3.00. The first-order chi connectivity index (χ1) is 15.0. The number of carbonyl (C=O) groups excluding carboxylic acids is 2. The predicted octanol–water partition coefficient (Wildman–Crippen LogP) is 4.58. The molecule has 0 saturated carbocycles. The highest BCUT2D eigenvalue weighted by molar-refractivity contribution is 5.99. The molecule has 0 bridgehead atoms. The molecule has 1 aliphatic heterocycles. The topological polar surface area (TPSA) is 71.5 Å². The lowest BCUT2D eigenvalue weighted by atomic mass is 10.1. The maximum Gasteiger partial charge on any atom is 0.274 e. The fourth-order valence-corrected chi connectivity index (χ4v) is 3.77. The zero-order chi connectivity index (χ0) is 21.8. The van der Waals surface area contributed by atoms with Crippen molar-refractivity contribution in [1.82, 2.24) is 4.98 Å². The zero-order valence-corrected chi connectivity index (χ0v) is 17.7. The molecule has 0 spiro atoms. The van der Waals surface area contributed by atoms with Crippen molar-refractivity contribution in [1.29, 1.82) is 0 Å². The number of rotatable bonds is 6. The Kier molecular flexibility index (Phi) is 5.98. The summed E-state index contributed by atoms with van der Waals surface area (Å²) in [7, 11) is 0. The van der Waals surface area contributed by atoms with E-state index in [1.54, 1.807) is 17.2 Å². The van der Waals surface area contributed by atoms with E-state index in [1.165, 1.54) is 0 Å². The smallest absolute Gasteiger partial charge is 0.274 e. The molecule has 158 valence electrons. The van der Waals surface area contributed by atoms with Crippen LogP contribution in [0.3, 0.4) is 0 Å². The molecule has 2 amide bonds. The number of ether oxygens (including phenoxy) is 1. The second-order valence-corrected chi connectivity index (χ2v) is 7.64. The van der Waals surface area contributed by atoms with Crippen molar-refractivity contribution in [2.45, 2.75) is 32.8 Å². The summed E-state index contributed by atoms with van der Waals surface area (Å²) < 4.78 is 5.96. The van der Waals surface area contributed by atoms with Crippen LogP contribution in [0, 0.1) is 13.8 Å². The molecule has 6 nitrogen and oxygen atoms in total. The summed E-state index contributed by atoms with van der Waals surface area (Å²) in [5.74, 6) is 0.817. The van der Waals surface area contributed by atoms with Crippen molar-refractivity contribution in [3.8, 4) is 5.75 Å². The first kappa shape index (κ1) is 20.6. The summed E-state index contributed by atoms with van der Waals surface area (Å²) in [4.78, 5) is 31.7. The fourth-order valence-electron chi connectivity index (χ4n) is 3.77. The second-order valence-electron chi connectivity index (χ2n) is 7.64. The third kappa shape index (κ3) is 4.43. The van der Waals surface area contributed by atoms with E-state index in [4.69, 9.17) is 4.74 Å². The fraction of sp³-hybridized carbons (Fsp3) is 0.240. The van der Waals surface area contributed by atoms with Crippen LogP contribution in [-0.2, 0) is 9.59 Å². The van der Waals surface area contributed by atoms with E-state index < -0.39 is 6.10 Å². The van der Waals surface area contributed by atoms with Gasteiger partial charge in [0.15, 0.2) is 11.6 Å². The number of aryl methyl sites for hydroxylation is 2. The van der Waals surface area contributed by atoms with Crippen LogP contribution in [0.4, 0.5) is 11.5 Å². The van der Waals surface area contributed by atoms with E-state index in [-0.39, 0.29) is 11.8 Å². The molecule has 0 fully saturated rings. The molecule has 31 heavy (non-hydrogen) atoms. The number of aromatic nitrogens is 1. The van der Waals surface area contributed by atoms with E-state index in [9.17, 15) is 9.59 Å². The monoisotopic (exact) mass is 415 g/mol. The van der Waals surface area contributed by atoms with Crippen molar-refractivity contribution < 1.29 is 14.3 Å². The van der Waals surface area contributed by atoms with E-state index in [2.05, 4.69) is 10.3 Å². The van der Waals surface area contributed by atoms with Crippen molar-refractivity contribution >= 4 is 23.3 Å². The molecule has 4 rings (SSSR count). The molecular formula is C25H25N3O3. The maximum atomic E-state index is 13.2. The highest BCUT2D eigenvalue weighted by Gasteiger charge is 2.36. The third-order valence-electron chi connectivity index (χ3n) is 5.38. The summed E-state index contributed by atoms with van der Waals surface area (Å²) in [6, 6.07) is 18.9. The van der Waals surface area contributed by atoms with Crippen LogP contribution in [0.15, 0.2) is 66.9 Å². The Balaban J connectivity index is 1.45. The largest absolute Gasteiger partial charge is 0.472 e. The minimum absolute atomic E-state index is 0.0704. The van der Waals surface area contributed by atoms with Crippen LogP contribution >= 0.6 is 0 Å². The molecule has 3 aromatic rings. The van der Waals surface area contributed by atoms with Crippen molar-refractivity contribution in [3.63, 3.8) is 0 Å². The first-order valence-corrected chi connectivity index (χ1v) is 10.4. The lowest BCUT2D eigenvalue weighted by Crippen LogP contribution is -2.42. The molecule has 2 heterocycles. The average molecular weight is 415 g/mol. The Morgan fingerprint density at radius 3 is 2.52 bits per heavy atom. The van der Waals surface area contributed by atoms with Crippen molar-refractivity contribution in [3.05, 3.63) is 83.6 Å². The normalized spacial score (nSPS) is 15.2. The highest BCUT2D eigenvalue weighted by atomic mass is 16.5. The lowest BCUT2D eigenvalue weighted by Gasteiger charge is -2.33. The van der Waals surface area contributed by atoms with Gasteiger partial charge in [-0.1, -0.05) is 48.5 Å². The molecule has 0 unspecified atom stereocenters. The average Bonchev–Trinajstić information content (AvgIpc) is 2.78. The molecule has 0 saturated heterocycles. The molecule has 0 aliphatic carbocycles. The van der Waals surface area contributed by atoms with Crippen LogP contribution in [0.5, 0.6) is 5.75 Å². The van der Waals surface area contributed by atoms with Crippen LogP contribution in [0.2, 0.25) is 0 Å². The van der Waals surface area contributed by atoms with E-state index in [1.807, 2.05) is 68.4 Å². The molecule has 1 atom stereocenters. The molecule has 0 radical (unpaired) electrons. The Hall–Kier alpha value is -3.67. The number of fused-ring (bicyclic) bond motifs is 1. The molecule has 2 aromatic carbocycles. The van der Waals surface area contributed by atoms with Gasteiger partial charge in [-0.2, -0.15) is 0 Å². The maximum absolute atomic E-state index is 13.2. The van der Waals surface area contributed by atoms with Crippen LogP contribution in [0.25, 0.3) is 0 Å². The quantitative estimate of drug-likeness (QED) is 0.639. The van der Waals surface area contributed by atoms with Gasteiger partial charge in [0.25, 0.3) is 5.91 Å². The van der Waals surface area contributed by atoms with Gasteiger partial charge in [-0.15, -0.1) is 0 Å². The van der Waals surface area contributed by atoms with Gasteiger partial charge >= 0.3 is 0 Å². The minimum Gasteiger partial charge on any atom is -0.472 e. The number of carbonyl (C=O) groups is 2. The number of nitrogens with zero attached hydrogens (tertiary/aromatic N) is 2. The predicted molar refractivity (Wildman–Crippen MR) is 120 cm³/mol. The van der Waals surface area contributed by atoms with E-state index in [0.717, 1.165) is 22.4 Å². The number of nitrogens with one attached hydrogen (secondary N) is 1. The molecule has 1 N–H and O–H groups in total. The van der Waals surface area contributed by atoms with Gasteiger partial charge in [-0.05, 0) is 43.5 Å². The number of benzene rings is 2. The second kappa shape index (κ2) is 9.00.